The van der Waals surface area contributed by atoms with E-state index < -0.39 is 0 Å². The molecule has 1 aliphatic carbocycles. The van der Waals surface area contributed by atoms with Crippen molar-refractivity contribution >= 4 is 11.4 Å². The van der Waals surface area contributed by atoms with Crippen molar-refractivity contribution in [1.82, 2.24) is 0 Å². The van der Waals surface area contributed by atoms with Crippen molar-refractivity contribution in [3.05, 3.63) is 23.8 Å². The summed E-state index contributed by atoms with van der Waals surface area (Å²) in [5.74, 6) is 0.999. The number of rotatable bonds is 5. The Morgan fingerprint density at radius 3 is 2.71 bits per heavy atom. The molecule has 0 aromatic heterocycles. The summed E-state index contributed by atoms with van der Waals surface area (Å²) in [6.45, 7) is 3.15. The molecule has 2 heteroatoms. The second-order valence-electron chi connectivity index (χ2n) is 5.35. The summed E-state index contributed by atoms with van der Waals surface area (Å²) in [4.78, 5) is 0. The molecule has 0 unspecified atom stereocenters. The first kappa shape index (κ1) is 12.3. The van der Waals surface area contributed by atoms with Gasteiger partial charge in [-0.15, -0.1) is 0 Å². The third-order valence-corrected chi connectivity index (χ3v) is 3.69. The van der Waals surface area contributed by atoms with Crippen LogP contribution in [0.4, 0.5) is 11.4 Å². The molecule has 0 radical (unpaired) electrons. The fraction of sp³-hybridized carbons (Fsp3) is 0.600. The van der Waals surface area contributed by atoms with Crippen LogP contribution in [0.1, 0.15) is 44.1 Å². The maximum absolute atomic E-state index is 5.82. The summed E-state index contributed by atoms with van der Waals surface area (Å²) in [6.07, 6.45) is 8.47. The van der Waals surface area contributed by atoms with E-state index >= 15 is 0 Å². The number of benzene rings is 1. The first-order chi connectivity index (χ1) is 8.24. The number of nitrogens with two attached hydrogens (primary N) is 1. The number of anilines is 2. The third kappa shape index (κ3) is 3.95. The molecule has 0 spiro atoms. The van der Waals surface area contributed by atoms with E-state index in [0.29, 0.717) is 0 Å². The fourth-order valence-electron chi connectivity index (χ4n) is 2.84. The maximum atomic E-state index is 5.82. The average Bonchev–Trinajstić information content (AvgIpc) is 2.76. The van der Waals surface area contributed by atoms with Crippen molar-refractivity contribution in [1.29, 1.82) is 0 Å². The number of nitrogens with one attached hydrogen (secondary N) is 1. The van der Waals surface area contributed by atoms with Gasteiger partial charge in [-0.25, -0.2) is 0 Å². The lowest BCUT2D eigenvalue weighted by molar-refractivity contribution is 0.491. The highest BCUT2D eigenvalue weighted by Gasteiger charge is 2.13. The van der Waals surface area contributed by atoms with Gasteiger partial charge in [0.25, 0.3) is 0 Å². The minimum Gasteiger partial charge on any atom is -0.399 e. The Morgan fingerprint density at radius 1 is 1.24 bits per heavy atom. The second kappa shape index (κ2) is 5.95. The van der Waals surface area contributed by atoms with Gasteiger partial charge in [-0.2, -0.15) is 0 Å². The predicted octanol–water partition coefficient (Wildman–Crippen LogP) is 3.96. The van der Waals surface area contributed by atoms with Crippen LogP contribution in [0.5, 0.6) is 0 Å². The van der Waals surface area contributed by atoms with Crippen LogP contribution in [0, 0.1) is 12.8 Å². The number of nitrogen functional groups attached to an aromatic ring is 1. The van der Waals surface area contributed by atoms with Crippen LogP contribution in [0.2, 0.25) is 0 Å². The molecule has 17 heavy (non-hydrogen) atoms. The first-order valence-electron chi connectivity index (χ1n) is 6.85. The summed E-state index contributed by atoms with van der Waals surface area (Å²) < 4.78 is 0. The van der Waals surface area contributed by atoms with Gasteiger partial charge in [0.05, 0.1) is 0 Å². The Morgan fingerprint density at radius 2 is 2.00 bits per heavy atom. The molecule has 0 atom stereocenters. The molecule has 94 valence electrons. The second-order valence-corrected chi connectivity index (χ2v) is 5.35. The van der Waals surface area contributed by atoms with E-state index in [-0.39, 0.29) is 0 Å². The number of aryl methyl sites for hydroxylation is 1. The van der Waals surface area contributed by atoms with E-state index in [2.05, 4.69) is 18.3 Å². The maximum Gasteiger partial charge on any atom is 0.0363 e. The summed E-state index contributed by atoms with van der Waals surface area (Å²) in [5.41, 5.74) is 9.06. The lowest BCUT2D eigenvalue weighted by Crippen LogP contribution is -2.04. The van der Waals surface area contributed by atoms with Gasteiger partial charge in [0.1, 0.15) is 0 Å². The minimum atomic E-state index is 0.850. The molecular formula is C15H24N2. The van der Waals surface area contributed by atoms with Gasteiger partial charge >= 0.3 is 0 Å². The van der Waals surface area contributed by atoms with Gasteiger partial charge in [-0.3, -0.25) is 0 Å². The van der Waals surface area contributed by atoms with Crippen molar-refractivity contribution in [2.45, 2.75) is 45.4 Å². The Labute approximate surface area is 105 Å². The molecule has 1 saturated carbocycles. The molecule has 1 fully saturated rings. The molecule has 0 bridgehead atoms. The third-order valence-electron chi connectivity index (χ3n) is 3.69. The summed E-state index contributed by atoms with van der Waals surface area (Å²) in [5, 5.41) is 3.47. The SMILES string of the molecule is Cc1cc(N)cc(NCCCC2CCCC2)c1. The smallest absolute Gasteiger partial charge is 0.0363 e. The number of hydrogen-bond donors (Lipinski definition) is 2. The van der Waals surface area contributed by atoms with Gasteiger partial charge in [0.15, 0.2) is 0 Å². The van der Waals surface area contributed by atoms with E-state index in [0.717, 1.165) is 23.8 Å². The molecule has 0 heterocycles. The van der Waals surface area contributed by atoms with Crippen molar-refractivity contribution < 1.29 is 0 Å². The van der Waals surface area contributed by atoms with Crippen LogP contribution in [-0.4, -0.2) is 6.54 Å². The Kier molecular flexibility index (Phi) is 4.29. The van der Waals surface area contributed by atoms with Gasteiger partial charge < -0.3 is 11.1 Å². The van der Waals surface area contributed by atoms with Crippen LogP contribution < -0.4 is 11.1 Å². The van der Waals surface area contributed by atoms with Crippen molar-refractivity contribution in [3.63, 3.8) is 0 Å². The molecule has 0 saturated heterocycles. The van der Waals surface area contributed by atoms with Crippen LogP contribution in [0.25, 0.3) is 0 Å². The normalized spacial score (nSPS) is 16.3. The highest BCUT2D eigenvalue weighted by molar-refractivity contribution is 5.56. The van der Waals surface area contributed by atoms with E-state index in [1.807, 2.05) is 12.1 Å². The Bertz CT molecular complexity index is 334. The summed E-state index contributed by atoms with van der Waals surface area (Å²) in [7, 11) is 0. The molecule has 2 nitrogen and oxygen atoms in total. The monoisotopic (exact) mass is 232 g/mol. The van der Waals surface area contributed by atoms with E-state index in [4.69, 9.17) is 5.73 Å². The van der Waals surface area contributed by atoms with Gasteiger partial charge in [0, 0.05) is 17.9 Å². The largest absolute Gasteiger partial charge is 0.399 e. The molecule has 0 amide bonds. The van der Waals surface area contributed by atoms with E-state index in [1.54, 1.807) is 0 Å². The van der Waals surface area contributed by atoms with Crippen LogP contribution >= 0.6 is 0 Å². The van der Waals surface area contributed by atoms with Crippen molar-refractivity contribution in [3.8, 4) is 0 Å². The first-order valence-corrected chi connectivity index (χ1v) is 6.85. The molecule has 3 N–H and O–H groups in total. The lowest BCUT2D eigenvalue weighted by atomic mass is 10.0. The quantitative estimate of drug-likeness (QED) is 0.595. The molecule has 1 aliphatic rings. The molecule has 0 aliphatic heterocycles. The Hall–Kier alpha value is -1.18. The van der Waals surface area contributed by atoms with Gasteiger partial charge in [-0.05, 0) is 49.4 Å². The minimum absolute atomic E-state index is 0.850. The van der Waals surface area contributed by atoms with Crippen LogP contribution in [0.15, 0.2) is 18.2 Å². The zero-order chi connectivity index (χ0) is 12.1. The Balaban J connectivity index is 1.70. The predicted molar refractivity (Wildman–Crippen MR) is 75.3 cm³/mol. The average molecular weight is 232 g/mol. The van der Waals surface area contributed by atoms with E-state index in [9.17, 15) is 0 Å². The van der Waals surface area contributed by atoms with Crippen molar-refractivity contribution in [2.24, 2.45) is 5.92 Å². The number of hydrogen-bond acceptors (Lipinski definition) is 2. The van der Waals surface area contributed by atoms with Crippen LogP contribution in [0.3, 0.4) is 0 Å². The van der Waals surface area contributed by atoms with E-state index in [1.165, 1.54) is 44.1 Å². The standard InChI is InChI=1S/C15H24N2/c1-12-9-14(16)11-15(10-12)17-8-4-7-13-5-2-3-6-13/h9-11,13,17H,2-8,16H2,1H3. The molecule has 1 aromatic rings. The highest BCUT2D eigenvalue weighted by Crippen LogP contribution is 2.28. The van der Waals surface area contributed by atoms with Crippen molar-refractivity contribution in [2.75, 3.05) is 17.6 Å². The lowest BCUT2D eigenvalue weighted by Gasteiger charge is -2.11. The van der Waals surface area contributed by atoms with Gasteiger partial charge in [0.2, 0.25) is 0 Å². The molecule has 2 rings (SSSR count). The molecule has 1 aromatic carbocycles. The summed E-state index contributed by atoms with van der Waals surface area (Å²) >= 11 is 0. The van der Waals surface area contributed by atoms with Gasteiger partial charge in [-0.1, -0.05) is 25.7 Å². The zero-order valence-corrected chi connectivity index (χ0v) is 10.8. The topological polar surface area (TPSA) is 38.0 Å². The fourth-order valence-corrected chi connectivity index (χ4v) is 2.84. The molecular weight excluding hydrogens is 208 g/mol. The zero-order valence-electron chi connectivity index (χ0n) is 10.8. The summed E-state index contributed by atoms with van der Waals surface area (Å²) in [6, 6.07) is 6.18. The van der Waals surface area contributed by atoms with Crippen LogP contribution in [-0.2, 0) is 0 Å². The highest BCUT2D eigenvalue weighted by atomic mass is 14.9.